The number of amides is 1. The molecule has 1 aromatic rings. The van der Waals surface area contributed by atoms with E-state index in [2.05, 4.69) is 19.2 Å². The summed E-state index contributed by atoms with van der Waals surface area (Å²) in [5.74, 6) is 1.48. The zero-order valence-corrected chi connectivity index (χ0v) is 11.4. The summed E-state index contributed by atoms with van der Waals surface area (Å²) in [6.07, 6.45) is 1.90. The smallest absolute Gasteiger partial charge is 0.287 e. The van der Waals surface area contributed by atoms with Gasteiger partial charge in [-0.3, -0.25) is 4.79 Å². The molecule has 17 heavy (non-hydrogen) atoms. The highest BCUT2D eigenvalue weighted by Gasteiger charge is 2.26. The number of hydrogen-bond acceptors (Lipinski definition) is 2. The molecule has 0 unspecified atom stereocenters. The Balaban J connectivity index is 2.58. The third kappa shape index (κ3) is 3.50. The minimum atomic E-state index is -0.172. The summed E-state index contributed by atoms with van der Waals surface area (Å²) < 4.78 is 5.27. The quantitative estimate of drug-likeness (QED) is 0.794. The van der Waals surface area contributed by atoms with Crippen LogP contribution < -0.4 is 5.32 Å². The molecule has 0 radical (unpaired) electrons. The number of carbonyl (C=O) groups excluding carboxylic acids is 1. The van der Waals surface area contributed by atoms with E-state index in [4.69, 9.17) is 16.0 Å². The molecule has 4 heteroatoms. The van der Waals surface area contributed by atoms with Crippen molar-refractivity contribution < 1.29 is 9.21 Å². The zero-order chi connectivity index (χ0) is 12.9. The lowest BCUT2D eigenvalue weighted by molar-refractivity contribution is 0.0902. The summed E-state index contributed by atoms with van der Waals surface area (Å²) in [4.78, 5) is 11.8. The van der Waals surface area contributed by atoms with Gasteiger partial charge in [-0.25, -0.2) is 0 Å². The number of halogens is 1. The molecule has 0 spiro atoms. The molecule has 0 aliphatic rings. The molecule has 1 heterocycles. The lowest BCUT2D eigenvalue weighted by Gasteiger charge is -2.29. The van der Waals surface area contributed by atoms with E-state index in [0.29, 0.717) is 18.2 Å². The Bertz CT molecular complexity index is 361. The lowest BCUT2D eigenvalue weighted by atomic mass is 9.84. The average molecular weight is 258 g/mol. The molecule has 1 amide bonds. The highest BCUT2D eigenvalue weighted by molar-refractivity contribution is 6.18. The molecule has 0 bridgehead atoms. The van der Waals surface area contributed by atoms with Gasteiger partial charge in [-0.1, -0.05) is 13.8 Å². The van der Waals surface area contributed by atoms with E-state index < -0.39 is 0 Å². The van der Waals surface area contributed by atoms with Crippen LogP contribution in [0.4, 0.5) is 0 Å². The summed E-state index contributed by atoms with van der Waals surface area (Å²) >= 11 is 5.98. The molecular weight excluding hydrogens is 238 g/mol. The predicted octanol–water partition coefficient (Wildman–Crippen LogP) is 3.36. The van der Waals surface area contributed by atoms with Gasteiger partial charge in [0.1, 0.15) is 5.76 Å². The van der Waals surface area contributed by atoms with E-state index in [1.165, 1.54) is 0 Å². The minimum Gasteiger partial charge on any atom is -0.456 e. The number of aryl methyl sites for hydroxylation is 1. The monoisotopic (exact) mass is 257 g/mol. The Hall–Kier alpha value is -0.960. The molecular formula is C13H20ClNO2. The molecule has 1 aromatic heterocycles. The van der Waals surface area contributed by atoms with Gasteiger partial charge in [0.15, 0.2) is 5.76 Å². The summed E-state index contributed by atoms with van der Waals surface area (Å²) in [5, 5.41) is 2.89. The van der Waals surface area contributed by atoms with Crippen LogP contribution in [0.15, 0.2) is 16.5 Å². The summed E-state index contributed by atoms with van der Waals surface area (Å²) in [6, 6.07) is 3.47. The van der Waals surface area contributed by atoms with E-state index in [-0.39, 0.29) is 11.3 Å². The van der Waals surface area contributed by atoms with Gasteiger partial charge in [-0.15, -0.1) is 11.6 Å². The molecule has 3 nitrogen and oxygen atoms in total. The van der Waals surface area contributed by atoms with Crippen LogP contribution in [0.2, 0.25) is 0 Å². The Labute approximate surface area is 108 Å². The van der Waals surface area contributed by atoms with Gasteiger partial charge >= 0.3 is 0 Å². The summed E-state index contributed by atoms with van der Waals surface area (Å²) in [5.41, 5.74) is -0.0150. The van der Waals surface area contributed by atoms with Crippen LogP contribution in [0.5, 0.6) is 0 Å². The van der Waals surface area contributed by atoms with Crippen molar-refractivity contribution in [3.8, 4) is 0 Å². The van der Waals surface area contributed by atoms with Gasteiger partial charge in [0.25, 0.3) is 5.91 Å². The van der Waals surface area contributed by atoms with Crippen molar-refractivity contribution in [2.75, 3.05) is 12.4 Å². The highest BCUT2D eigenvalue weighted by atomic mass is 35.5. The maximum atomic E-state index is 11.8. The van der Waals surface area contributed by atoms with Gasteiger partial charge in [0, 0.05) is 17.8 Å². The minimum absolute atomic E-state index is 0.0150. The van der Waals surface area contributed by atoms with Crippen molar-refractivity contribution in [1.29, 1.82) is 0 Å². The number of carbonyl (C=O) groups is 1. The van der Waals surface area contributed by atoms with E-state index in [1.807, 2.05) is 6.92 Å². The maximum Gasteiger partial charge on any atom is 0.287 e. The zero-order valence-electron chi connectivity index (χ0n) is 10.7. The second kappa shape index (κ2) is 6.10. The van der Waals surface area contributed by atoms with Crippen LogP contribution >= 0.6 is 11.6 Å². The van der Waals surface area contributed by atoms with Crippen molar-refractivity contribution in [2.45, 2.75) is 33.6 Å². The predicted molar refractivity (Wildman–Crippen MR) is 69.5 cm³/mol. The topological polar surface area (TPSA) is 42.2 Å². The highest BCUT2D eigenvalue weighted by Crippen LogP contribution is 2.27. The molecule has 0 atom stereocenters. The standard InChI is InChI=1S/C13H20ClNO2/c1-4-13(5-2,8-14)9-15-12(16)11-7-6-10(3)17-11/h6-7H,4-5,8-9H2,1-3H3,(H,15,16). The first-order valence-electron chi connectivity index (χ1n) is 5.97. The van der Waals surface area contributed by atoms with Crippen LogP contribution in [-0.2, 0) is 0 Å². The van der Waals surface area contributed by atoms with Gasteiger partial charge in [0.2, 0.25) is 0 Å². The molecule has 96 valence electrons. The second-order valence-electron chi connectivity index (χ2n) is 4.43. The normalized spacial score (nSPS) is 11.5. The molecule has 0 aliphatic carbocycles. The van der Waals surface area contributed by atoms with Crippen molar-refractivity contribution in [1.82, 2.24) is 5.32 Å². The number of hydrogen-bond donors (Lipinski definition) is 1. The first kappa shape index (κ1) is 14.1. The molecule has 1 rings (SSSR count). The second-order valence-corrected chi connectivity index (χ2v) is 4.70. The van der Waals surface area contributed by atoms with E-state index in [9.17, 15) is 4.79 Å². The van der Waals surface area contributed by atoms with Crippen LogP contribution in [0.25, 0.3) is 0 Å². The van der Waals surface area contributed by atoms with Crippen molar-refractivity contribution >= 4 is 17.5 Å². The van der Waals surface area contributed by atoms with Crippen LogP contribution in [-0.4, -0.2) is 18.3 Å². The molecule has 0 aliphatic heterocycles. The lowest BCUT2D eigenvalue weighted by Crippen LogP contribution is -2.38. The first-order valence-corrected chi connectivity index (χ1v) is 6.51. The number of alkyl halides is 1. The summed E-state index contributed by atoms with van der Waals surface area (Å²) in [7, 11) is 0. The van der Waals surface area contributed by atoms with E-state index in [1.54, 1.807) is 12.1 Å². The molecule has 1 N–H and O–H groups in total. The fourth-order valence-corrected chi connectivity index (χ4v) is 2.12. The first-order chi connectivity index (χ1) is 8.06. The molecule has 0 saturated carbocycles. The molecule has 0 fully saturated rings. The third-order valence-corrected chi connectivity index (χ3v) is 3.94. The van der Waals surface area contributed by atoms with Gasteiger partial charge in [-0.2, -0.15) is 0 Å². The van der Waals surface area contributed by atoms with E-state index in [0.717, 1.165) is 18.6 Å². The fraction of sp³-hybridized carbons (Fsp3) is 0.615. The van der Waals surface area contributed by atoms with Crippen LogP contribution in [0.1, 0.15) is 43.0 Å². The van der Waals surface area contributed by atoms with Crippen molar-refractivity contribution in [3.05, 3.63) is 23.7 Å². The fourth-order valence-electron chi connectivity index (χ4n) is 1.65. The molecule has 0 saturated heterocycles. The Morgan fingerprint density at radius 2 is 2.06 bits per heavy atom. The Kier molecular flexibility index (Phi) is 5.06. The van der Waals surface area contributed by atoms with Crippen LogP contribution in [0, 0.1) is 12.3 Å². The Morgan fingerprint density at radius 3 is 2.47 bits per heavy atom. The molecule has 0 aromatic carbocycles. The maximum absolute atomic E-state index is 11.8. The average Bonchev–Trinajstić information content (AvgIpc) is 2.78. The van der Waals surface area contributed by atoms with Crippen molar-refractivity contribution in [2.24, 2.45) is 5.41 Å². The number of rotatable bonds is 6. The van der Waals surface area contributed by atoms with E-state index >= 15 is 0 Å². The third-order valence-electron chi connectivity index (χ3n) is 3.37. The van der Waals surface area contributed by atoms with Gasteiger partial charge < -0.3 is 9.73 Å². The summed E-state index contributed by atoms with van der Waals surface area (Å²) in [6.45, 7) is 6.59. The number of nitrogens with one attached hydrogen (secondary N) is 1. The SMILES string of the molecule is CCC(CC)(CCl)CNC(=O)c1ccc(C)o1. The van der Waals surface area contributed by atoms with Crippen LogP contribution in [0.3, 0.4) is 0 Å². The largest absolute Gasteiger partial charge is 0.456 e. The number of furan rings is 1. The van der Waals surface area contributed by atoms with Gasteiger partial charge in [0.05, 0.1) is 0 Å². The van der Waals surface area contributed by atoms with Crippen molar-refractivity contribution in [3.63, 3.8) is 0 Å². The Morgan fingerprint density at radius 1 is 1.41 bits per heavy atom. The van der Waals surface area contributed by atoms with Gasteiger partial charge in [-0.05, 0) is 31.9 Å².